The van der Waals surface area contributed by atoms with Crippen molar-refractivity contribution in [2.24, 2.45) is 11.0 Å². The standard InChI is InChI=1S/C6H11BrN6O2S/c7-4-5(10-1-2-16(9,14)15)11-3-12-6(4)13-8/h3H,1-2,8H2,(H2,9,14,15)(H2,10,11,12,13). The molecule has 0 aliphatic heterocycles. The molecule has 16 heavy (non-hydrogen) atoms. The summed E-state index contributed by atoms with van der Waals surface area (Å²) in [7, 11) is -3.48. The van der Waals surface area contributed by atoms with Crippen LogP contribution in [0.2, 0.25) is 0 Å². The van der Waals surface area contributed by atoms with Crippen molar-refractivity contribution >= 4 is 37.6 Å². The molecule has 0 amide bonds. The van der Waals surface area contributed by atoms with Crippen LogP contribution in [0.15, 0.2) is 10.8 Å². The molecule has 0 atom stereocenters. The molecule has 0 aliphatic carbocycles. The lowest BCUT2D eigenvalue weighted by molar-refractivity contribution is 0.598. The quantitative estimate of drug-likeness (QED) is 0.414. The third-order valence-electron chi connectivity index (χ3n) is 1.61. The highest BCUT2D eigenvalue weighted by atomic mass is 79.9. The first kappa shape index (κ1) is 13.1. The van der Waals surface area contributed by atoms with E-state index in [0.29, 0.717) is 16.1 Å². The van der Waals surface area contributed by atoms with E-state index in [1.165, 1.54) is 6.33 Å². The van der Waals surface area contributed by atoms with Crippen LogP contribution in [0.25, 0.3) is 0 Å². The Hall–Kier alpha value is -0.970. The van der Waals surface area contributed by atoms with Crippen molar-refractivity contribution in [2.45, 2.75) is 0 Å². The zero-order chi connectivity index (χ0) is 12.2. The molecule has 1 rings (SSSR count). The molecule has 0 radical (unpaired) electrons. The van der Waals surface area contributed by atoms with Crippen LogP contribution in [0.3, 0.4) is 0 Å². The number of aromatic nitrogens is 2. The van der Waals surface area contributed by atoms with Gasteiger partial charge in [-0.05, 0) is 15.9 Å². The lowest BCUT2D eigenvalue weighted by Gasteiger charge is -2.08. The maximum absolute atomic E-state index is 10.7. The number of hydrogen-bond acceptors (Lipinski definition) is 7. The molecule has 0 aromatic carbocycles. The zero-order valence-corrected chi connectivity index (χ0v) is 10.5. The average molecular weight is 311 g/mol. The summed E-state index contributed by atoms with van der Waals surface area (Å²) in [6.07, 6.45) is 1.29. The molecule has 90 valence electrons. The van der Waals surface area contributed by atoms with E-state index in [0.717, 1.165) is 0 Å². The SMILES string of the molecule is NNc1ncnc(NCCS(N)(=O)=O)c1Br. The summed E-state index contributed by atoms with van der Waals surface area (Å²) in [5.74, 6) is 5.85. The first-order valence-corrected chi connectivity index (χ1v) is 6.66. The Bertz CT molecular complexity index is 464. The van der Waals surface area contributed by atoms with Gasteiger partial charge < -0.3 is 10.7 Å². The summed E-state index contributed by atoms with van der Waals surface area (Å²) in [5.41, 5.74) is 2.36. The third kappa shape index (κ3) is 3.89. The number of anilines is 2. The van der Waals surface area contributed by atoms with E-state index in [4.69, 9.17) is 11.0 Å². The minimum atomic E-state index is -3.48. The lowest BCUT2D eigenvalue weighted by atomic mass is 10.5. The first-order chi connectivity index (χ1) is 7.44. The summed E-state index contributed by atoms with van der Waals surface area (Å²) in [6, 6.07) is 0. The van der Waals surface area contributed by atoms with E-state index in [2.05, 4.69) is 36.6 Å². The topological polar surface area (TPSA) is 136 Å². The molecule has 0 fully saturated rings. The fourth-order valence-electron chi connectivity index (χ4n) is 0.905. The normalized spacial score (nSPS) is 11.2. The number of nitrogens with two attached hydrogens (primary N) is 2. The summed E-state index contributed by atoms with van der Waals surface area (Å²) >= 11 is 3.21. The highest BCUT2D eigenvalue weighted by molar-refractivity contribution is 9.10. The number of primary sulfonamides is 1. The largest absolute Gasteiger partial charge is 0.368 e. The molecule has 0 spiro atoms. The van der Waals surface area contributed by atoms with E-state index >= 15 is 0 Å². The number of rotatable bonds is 5. The molecule has 0 unspecified atom stereocenters. The van der Waals surface area contributed by atoms with Gasteiger partial charge in [-0.1, -0.05) is 0 Å². The lowest BCUT2D eigenvalue weighted by Crippen LogP contribution is -2.23. The van der Waals surface area contributed by atoms with Crippen LogP contribution in [-0.4, -0.2) is 30.7 Å². The van der Waals surface area contributed by atoms with Gasteiger partial charge >= 0.3 is 0 Å². The molecular weight excluding hydrogens is 300 g/mol. The van der Waals surface area contributed by atoms with Crippen molar-refractivity contribution in [1.29, 1.82) is 0 Å². The van der Waals surface area contributed by atoms with E-state index in [-0.39, 0.29) is 12.3 Å². The van der Waals surface area contributed by atoms with Crippen molar-refractivity contribution < 1.29 is 8.42 Å². The number of hydrazine groups is 1. The van der Waals surface area contributed by atoms with Crippen molar-refractivity contribution in [3.63, 3.8) is 0 Å². The molecule has 0 saturated carbocycles. The molecular formula is C6H11BrN6O2S. The third-order valence-corrected chi connectivity index (χ3v) is 3.13. The molecule has 1 aromatic heterocycles. The van der Waals surface area contributed by atoms with Crippen LogP contribution >= 0.6 is 15.9 Å². The average Bonchev–Trinajstić information content (AvgIpc) is 2.19. The van der Waals surface area contributed by atoms with Gasteiger partial charge in [0, 0.05) is 6.54 Å². The summed E-state index contributed by atoms with van der Waals surface area (Å²) < 4.78 is 21.9. The van der Waals surface area contributed by atoms with Crippen LogP contribution in [0.5, 0.6) is 0 Å². The van der Waals surface area contributed by atoms with Crippen molar-refractivity contribution in [3.05, 3.63) is 10.8 Å². The number of sulfonamides is 1. The van der Waals surface area contributed by atoms with E-state index in [1.54, 1.807) is 0 Å². The monoisotopic (exact) mass is 310 g/mol. The minimum Gasteiger partial charge on any atom is -0.368 e. The maximum Gasteiger partial charge on any atom is 0.210 e. The second kappa shape index (κ2) is 5.39. The number of hydrogen-bond donors (Lipinski definition) is 4. The fraction of sp³-hybridized carbons (Fsp3) is 0.333. The fourth-order valence-corrected chi connectivity index (χ4v) is 1.75. The zero-order valence-electron chi connectivity index (χ0n) is 8.14. The number of nitrogens with one attached hydrogen (secondary N) is 2. The highest BCUT2D eigenvalue weighted by Crippen LogP contribution is 2.25. The van der Waals surface area contributed by atoms with Crippen LogP contribution in [0.4, 0.5) is 11.6 Å². The summed E-state index contributed by atoms with van der Waals surface area (Å²) in [6.45, 7) is 0.151. The number of halogens is 1. The molecule has 1 heterocycles. The maximum atomic E-state index is 10.7. The summed E-state index contributed by atoms with van der Waals surface area (Å²) in [4.78, 5) is 7.74. The minimum absolute atomic E-state index is 0.151. The van der Waals surface area contributed by atoms with E-state index in [9.17, 15) is 8.42 Å². The van der Waals surface area contributed by atoms with Crippen molar-refractivity contribution in [2.75, 3.05) is 23.0 Å². The van der Waals surface area contributed by atoms with Crippen LogP contribution in [0.1, 0.15) is 0 Å². The van der Waals surface area contributed by atoms with Gasteiger partial charge in [0.25, 0.3) is 0 Å². The van der Waals surface area contributed by atoms with Crippen molar-refractivity contribution in [3.8, 4) is 0 Å². The van der Waals surface area contributed by atoms with Crippen LogP contribution < -0.4 is 21.7 Å². The Kier molecular flexibility index (Phi) is 4.41. The van der Waals surface area contributed by atoms with Gasteiger partial charge in [0.15, 0.2) is 5.82 Å². The number of nitrogens with zero attached hydrogens (tertiary/aromatic N) is 2. The van der Waals surface area contributed by atoms with Gasteiger partial charge in [0.1, 0.15) is 16.6 Å². The molecule has 1 aromatic rings. The molecule has 0 aliphatic rings. The molecule has 0 saturated heterocycles. The van der Waals surface area contributed by atoms with Crippen molar-refractivity contribution in [1.82, 2.24) is 9.97 Å². The Morgan fingerprint density at radius 2 is 2.00 bits per heavy atom. The second-order valence-electron chi connectivity index (χ2n) is 2.82. The Labute approximate surface area is 101 Å². The van der Waals surface area contributed by atoms with Crippen LogP contribution in [-0.2, 0) is 10.0 Å². The van der Waals surface area contributed by atoms with Gasteiger partial charge in [0.05, 0.1) is 5.75 Å². The Morgan fingerprint density at radius 1 is 1.38 bits per heavy atom. The van der Waals surface area contributed by atoms with Gasteiger partial charge in [0.2, 0.25) is 10.0 Å². The first-order valence-electron chi connectivity index (χ1n) is 4.15. The molecule has 0 bridgehead atoms. The number of nitrogen functional groups attached to an aromatic ring is 1. The Morgan fingerprint density at radius 3 is 2.56 bits per heavy atom. The molecule has 8 nitrogen and oxygen atoms in total. The second-order valence-corrected chi connectivity index (χ2v) is 5.35. The molecule has 10 heteroatoms. The predicted octanol–water partition coefficient (Wildman–Crippen LogP) is -0.775. The Balaban J connectivity index is 2.68. The van der Waals surface area contributed by atoms with E-state index < -0.39 is 10.0 Å². The predicted molar refractivity (Wildman–Crippen MR) is 64.0 cm³/mol. The highest BCUT2D eigenvalue weighted by Gasteiger charge is 2.08. The van der Waals surface area contributed by atoms with Gasteiger partial charge in [-0.15, -0.1) is 0 Å². The van der Waals surface area contributed by atoms with Gasteiger partial charge in [-0.3, -0.25) is 0 Å². The van der Waals surface area contributed by atoms with Crippen LogP contribution in [0, 0.1) is 0 Å². The van der Waals surface area contributed by atoms with Gasteiger partial charge in [-0.2, -0.15) is 0 Å². The summed E-state index contributed by atoms with van der Waals surface area (Å²) in [5, 5.41) is 7.64. The van der Waals surface area contributed by atoms with E-state index in [1.807, 2.05) is 0 Å². The smallest absolute Gasteiger partial charge is 0.210 e. The van der Waals surface area contributed by atoms with Gasteiger partial charge in [-0.25, -0.2) is 29.4 Å². The molecule has 6 N–H and O–H groups in total.